The first-order chi connectivity index (χ1) is 14.0. The summed E-state index contributed by atoms with van der Waals surface area (Å²) in [5.41, 5.74) is 0.877. The topological polar surface area (TPSA) is 89.1 Å². The van der Waals surface area contributed by atoms with Gasteiger partial charge in [0.1, 0.15) is 0 Å². The lowest BCUT2D eigenvalue weighted by atomic mass is 9.88. The van der Waals surface area contributed by atoms with Gasteiger partial charge in [0, 0.05) is 32.1 Å². The molecule has 1 aliphatic rings. The molecule has 1 aromatic rings. The van der Waals surface area contributed by atoms with Gasteiger partial charge in [-0.1, -0.05) is 13.3 Å². The fraction of sp³-hybridized carbons (Fsp3) is 0.619. The predicted octanol–water partition coefficient (Wildman–Crippen LogP) is 2.37. The zero-order valence-corrected chi connectivity index (χ0v) is 18.0. The molecule has 0 aliphatic carbocycles. The molecule has 0 saturated carbocycles. The summed E-state index contributed by atoms with van der Waals surface area (Å²) < 4.78 is 16.3. The van der Waals surface area contributed by atoms with Crippen molar-refractivity contribution in [1.29, 1.82) is 0 Å². The largest absolute Gasteiger partial charge is 0.493 e. The standard InChI is InChI=1S/C21H33N3O5/c1-6-8-9-23-20(25)16-13-24(21(26)22-7-2)12-15(16)14-10-17(27-3)19(29-5)18(11-14)28-4/h10-11,15-16H,6-9,12-13H2,1-5H3,(H,22,26)(H,23,25)/t15-,16+/m1/s1. The van der Waals surface area contributed by atoms with Crippen LogP contribution in [0.5, 0.6) is 17.2 Å². The molecule has 0 aromatic heterocycles. The van der Waals surface area contributed by atoms with Crippen LogP contribution in [-0.4, -0.2) is 64.3 Å². The minimum absolute atomic E-state index is 0.0380. The fourth-order valence-corrected chi connectivity index (χ4v) is 3.67. The molecule has 162 valence electrons. The first kappa shape index (κ1) is 22.6. The number of likely N-dealkylation sites (tertiary alicyclic amines) is 1. The molecular weight excluding hydrogens is 374 g/mol. The third-order valence-electron chi connectivity index (χ3n) is 5.22. The molecule has 0 radical (unpaired) electrons. The van der Waals surface area contributed by atoms with E-state index in [1.54, 1.807) is 26.2 Å². The van der Waals surface area contributed by atoms with Crippen LogP contribution in [0.1, 0.15) is 38.2 Å². The summed E-state index contributed by atoms with van der Waals surface area (Å²) in [5.74, 6) is 1.00. The second-order valence-corrected chi connectivity index (χ2v) is 7.06. The van der Waals surface area contributed by atoms with Gasteiger partial charge in [-0.25, -0.2) is 4.79 Å². The molecule has 0 unspecified atom stereocenters. The van der Waals surface area contributed by atoms with E-state index in [1.807, 2.05) is 19.1 Å². The summed E-state index contributed by atoms with van der Waals surface area (Å²) in [6, 6.07) is 3.56. The van der Waals surface area contributed by atoms with Crippen molar-refractivity contribution in [3.63, 3.8) is 0 Å². The zero-order chi connectivity index (χ0) is 21.4. The highest BCUT2D eigenvalue weighted by Gasteiger charge is 2.41. The second kappa shape index (κ2) is 10.8. The number of hydrogen-bond donors (Lipinski definition) is 2. The first-order valence-corrected chi connectivity index (χ1v) is 10.1. The number of methoxy groups -OCH3 is 3. The monoisotopic (exact) mass is 407 g/mol. The number of nitrogens with one attached hydrogen (secondary N) is 2. The lowest BCUT2D eigenvalue weighted by Crippen LogP contribution is -2.40. The molecular formula is C21H33N3O5. The van der Waals surface area contributed by atoms with Crippen molar-refractivity contribution in [2.24, 2.45) is 5.92 Å². The molecule has 3 amide bonds. The fourth-order valence-electron chi connectivity index (χ4n) is 3.67. The maximum absolute atomic E-state index is 12.9. The molecule has 8 nitrogen and oxygen atoms in total. The van der Waals surface area contributed by atoms with Gasteiger partial charge in [-0.2, -0.15) is 0 Å². The predicted molar refractivity (Wildman–Crippen MR) is 111 cm³/mol. The summed E-state index contributed by atoms with van der Waals surface area (Å²) in [6.45, 7) is 5.94. The molecule has 0 bridgehead atoms. The first-order valence-electron chi connectivity index (χ1n) is 10.1. The molecule has 1 saturated heterocycles. The van der Waals surface area contributed by atoms with Crippen LogP contribution >= 0.6 is 0 Å². The molecule has 2 rings (SSSR count). The van der Waals surface area contributed by atoms with E-state index in [0.29, 0.717) is 43.4 Å². The van der Waals surface area contributed by atoms with Crippen LogP contribution in [0.4, 0.5) is 4.79 Å². The van der Waals surface area contributed by atoms with Crippen molar-refractivity contribution < 1.29 is 23.8 Å². The number of carbonyl (C=O) groups excluding carboxylic acids is 2. The van der Waals surface area contributed by atoms with Crippen molar-refractivity contribution in [3.05, 3.63) is 17.7 Å². The lowest BCUT2D eigenvalue weighted by molar-refractivity contribution is -0.124. The van der Waals surface area contributed by atoms with Crippen LogP contribution in [0.15, 0.2) is 12.1 Å². The van der Waals surface area contributed by atoms with Crippen LogP contribution in [-0.2, 0) is 4.79 Å². The van der Waals surface area contributed by atoms with Crippen molar-refractivity contribution in [2.75, 3.05) is 47.5 Å². The van der Waals surface area contributed by atoms with Crippen LogP contribution in [0.25, 0.3) is 0 Å². The van der Waals surface area contributed by atoms with Crippen molar-refractivity contribution in [1.82, 2.24) is 15.5 Å². The highest BCUT2D eigenvalue weighted by atomic mass is 16.5. The Balaban J connectivity index is 2.36. The van der Waals surface area contributed by atoms with Gasteiger partial charge in [0.15, 0.2) is 11.5 Å². The average molecular weight is 408 g/mol. The number of benzene rings is 1. The summed E-state index contributed by atoms with van der Waals surface area (Å²) in [6.07, 6.45) is 1.93. The van der Waals surface area contributed by atoms with Crippen LogP contribution in [0, 0.1) is 5.92 Å². The molecule has 0 spiro atoms. The van der Waals surface area contributed by atoms with Gasteiger partial charge in [0.05, 0.1) is 27.2 Å². The van der Waals surface area contributed by atoms with Gasteiger partial charge in [-0.05, 0) is 31.0 Å². The van der Waals surface area contributed by atoms with Gasteiger partial charge in [0.2, 0.25) is 11.7 Å². The number of unbranched alkanes of at least 4 members (excludes halogenated alkanes) is 1. The number of hydrogen-bond acceptors (Lipinski definition) is 5. The van der Waals surface area contributed by atoms with Gasteiger partial charge in [-0.15, -0.1) is 0 Å². The molecule has 1 aromatic carbocycles. The zero-order valence-electron chi connectivity index (χ0n) is 18.0. The van der Waals surface area contributed by atoms with Crippen molar-refractivity contribution in [3.8, 4) is 17.2 Å². The van der Waals surface area contributed by atoms with E-state index < -0.39 is 0 Å². The maximum Gasteiger partial charge on any atom is 0.317 e. The van der Waals surface area contributed by atoms with E-state index in [-0.39, 0.29) is 23.8 Å². The molecule has 1 aliphatic heterocycles. The van der Waals surface area contributed by atoms with E-state index in [0.717, 1.165) is 18.4 Å². The second-order valence-electron chi connectivity index (χ2n) is 7.06. The van der Waals surface area contributed by atoms with E-state index in [2.05, 4.69) is 17.6 Å². The smallest absolute Gasteiger partial charge is 0.317 e. The van der Waals surface area contributed by atoms with E-state index >= 15 is 0 Å². The molecule has 8 heteroatoms. The van der Waals surface area contributed by atoms with Crippen molar-refractivity contribution >= 4 is 11.9 Å². The third kappa shape index (κ3) is 5.25. The Morgan fingerprint density at radius 2 is 1.69 bits per heavy atom. The molecule has 29 heavy (non-hydrogen) atoms. The Hall–Kier alpha value is -2.64. The van der Waals surface area contributed by atoms with Gasteiger partial charge < -0.3 is 29.7 Å². The van der Waals surface area contributed by atoms with Gasteiger partial charge >= 0.3 is 6.03 Å². The Kier molecular flexibility index (Phi) is 8.42. The third-order valence-corrected chi connectivity index (χ3v) is 5.22. The molecule has 2 N–H and O–H groups in total. The Morgan fingerprint density at radius 3 is 2.21 bits per heavy atom. The number of ether oxygens (including phenoxy) is 3. The van der Waals surface area contributed by atoms with Crippen LogP contribution in [0.2, 0.25) is 0 Å². The van der Waals surface area contributed by atoms with Gasteiger partial charge in [-0.3, -0.25) is 4.79 Å². The summed E-state index contributed by atoms with van der Waals surface area (Å²) in [7, 11) is 4.67. The summed E-state index contributed by atoms with van der Waals surface area (Å²) in [4.78, 5) is 27.0. The number of amides is 3. The number of nitrogens with zero attached hydrogens (tertiary/aromatic N) is 1. The highest BCUT2D eigenvalue weighted by molar-refractivity contribution is 5.83. The highest BCUT2D eigenvalue weighted by Crippen LogP contribution is 2.43. The van der Waals surface area contributed by atoms with E-state index in [9.17, 15) is 9.59 Å². The minimum Gasteiger partial charge on any atom is -0.493 e. The molecule has 1 fully saturated rings. The van der Waals surface area contributed by atoms with Crippen LogP contribution < -0.4 is 24.8 Å². The number of rotatable bonds is 9. The van der Waals surface area contributed by atoms with Gasteiger partial charge in [0.25, 0.3) is 0 Å². The quantitative estimate of drug-likeness (QED) is 0.614. The minimum atomic E-state index is -0.350. The average Bonchev–Trinajstić information content (AvgIpc) is 3.18. The lowest BCUT2D eigenvalue weighted by Gasteiger charge is -2.21. The van der Waals surface area contributed by atoms with E-state index in [4.69, 9.17) is 14.2 Å². The van der Waals surface area contributed by atoms with Crippen molar-refractivity contribution in [2.45, 2.75) is 32.6 Å². The molecule has 2 atom stereocenters. The normalized spacial score (nSPS) is 18.3. The Labute approximate surface area is 172 Å². The Bertz CT molecular complexity index is 685. The summed E-state index contributed by atoms with van der Waals surface area (Å²) in [5, 5.41) is 5.83. The number of urea groups is 1. The van der Waals surface area contributed by atoms with E-state index in [1.165, 1.54) is 0 Å². The molecule has 1 heterocycles. The number of carbonyl (C=O) groups is 2. The SMILES string of the molecule is CCCCNC(=O)[C@H]1CN(C(=O)NCC)C[C@@H]1c1cc(OC)c(OC)c(OC)c1. The Morgan fingerprint density at radius 1 is 1.03 bits per heavy atom. The maximum atomic E-state index is 12.9. The van der Waals surface area contributed by atoms with Crippen LogP contribution in [0.3, 0.4) is 0 Å². The summed E-state index contributed by atoms with van der Waals surface area (Å²) >= 11 is 0.